The Labute approximate surface area is 185 Å². The molecule has 8 nitrogen and oxygen atoms in total. The van der Waals surface area contributed by atoms with Gasteiger partial charge in [0.2, 0.25) is 5.91 Å². The molecule has 0 spiro atoms. The number of ketones is 2. The summed E-state index contributed by atoms with van der Waals surface area (Å²) in [5.41, 5.74) is 11.2. The summed E-state index contributed by atoms with van der Waals surface area (Å²) >= 11 is 0. The number of fused-ring (bicyclic) bond motifs is 2. The second-order valence-corrected chi connectivity index (χ2v) is 8.14. The molecule has 1 amide bonds. The highest BCUT2D eigenvalue weighted by atomic mass is 16.5. The molecule has 8 heteroatoms. The van der Waals surface area contributed by atoms with Crippen LogP contribution in [-0.2, 0) is 16.1 Å². The molecule has 1 fully saturated rings. The van der Waals surface area contributed by atoms with Crippen molar-refractivity contribution in [2.24, 2.45) is 11.0 Å². The van der Waals surface area contributed by atoms with Crippen LogP contribution in [0.4, 0.5) is 5.69 Å². The molecule has 2 aromatic rings. The number of amides is 1. The van der Waals surface area contributed by atoms with Crippen molar-refractivity contribution in [2.75, 3.05) is 12.0 Å². The van der Waals surface area contributed by atoms with Crippen molar-refractivity contribution < 1.29 is 19.1 Å². The van der Waals surface area contributed by atoms with Gasteiger partial charge >= 0.3 is 0 Å². The van der Waals surface area contributed by atoms with E-state index in [1.165, 1.54) is 0 Å². The molecule has 3 unspecified atom stereocenters. The second-order valence-electron chi connectivity index (χ2n) is 8.14. The number of methoxy groups -OCH3 is 1. The third-order valence-electron chi connectivity index (χ3n) is 6.38. The fourth-order valence-electron chi connectivity index (χ4n) is 4.92. The van der Waals surface area contributed by atoms with Crippen LogP contribution >= 0.6 is 0 Å². The molecule has 1 aliphatic heterocycles. The first-order valence-electron chi connectivity index (χ1n) is 10.6. The minimum absolute atomic E-state index is 0.0391. The van der Waals surface area contributed by atoms with Crippen molar-refractivity contribution in [3.05, 3.63) is 69.6 Å². The SMILES string of the molecule is CCC(=O)N1c2ccc(CN=[N+]=[N-])cc2C(=O)C2C(c3ccc(OC)cc3)CC(=O)CC21. The Balaban J connectivity index is 1.84. The van der Waals surface area contributed by atoms with Crippen LogP contribution in [0.5, 0.6) is 5.75 Å². The summed E-state index contributed by atoms with van der Waals surface area (Å²) < 4.78 is 5.24. The molecule has 3 atom stereocenters. The molecule has 2 aromatic carbocycles. The average molecular weight is 432 g/mol. The Morgan fingerprint density at radius 2 is 1.94 bits per heavy atom. The van der Waals surface area contributed by atoms with E-state index in [2.05, 4.69) is 10.0 Å². The number of benzene rings is 2. The van der Waals surface area contributed by atoms with Gasteiger partial charge in [-0.05, 0) is 40.9 Å². The first-order valence-corrected chi connectivity index (χ1v) is 10.6. The molecule has 0 bridgehead atoms. The van der Waals surface area contributed by atoms with E-state index >= 15 is 0 Å². The Morgan fingerprint density at radius 3 is 2.59 bits per heavy atom. The standard InChI is InChI=1S/C24H24N4O4/c1-3-22(30)28-20-9-4-14(13-26-27-25)10-19(20)24(31)23-18(11-16(29)12-21(23)28)15-5-7-17(32-2)8-6-15/h4-10,18,21,23H,3,11-13H2,1-2H3. The molecule has 0 N–H and O–H groups in total. The molecule has 164 valence electrons. The molecule has 4 rings (SSSR count). The summed E-state index contributed by atoms with van der Waals surface area (Å²) in [5, 5.41) is 3.59. The smallest absolute Gasteiger partial charge is 0.227 e. The molecular weight excluding hydrogens is 408 g/mol. The fraction of sp³-hybridized carbons (Fsp3) is 0.375. The normalized spacial score (nSPS) is 21.9. The lowest BCUT2D eigenvalue weighted by atomic mass is 9.66. The van der Waals surface area contributed by atoms with Crippen LogP contribution in [0.2, 0.25) is 0 Å². The average Bonchev–Trinajstić information content (AvgIpc) is 2.82. The van der Waals surface area contributed by atoms with Crippen LogP contribution < -0.4 is 9.64 Å². The van der Waals surface area contributed by atoms with Crippen LogP contribution in [0.15, 0.2) is 47.6 Å². The molecule has 0 aromatic heterocycles. The van der Waals surface area contributed by atoms with E-state index in [1.54, 1.807) is 37.1 Å². The number of Topliss-reactive ketones (excluding diaryl/α,β-unsaturated/α-hetero) is 2. The van der Waals surface area contributed by atoms with Gasteiger partial charge in [-0.3, -0.25) is 14.4 Å². The first-order chi connectivity index (χ1) is 15.5. The summed E-state index contributed by atoms with van der Waals surface area (Å²) in [7, 11) is 1.58. The number of rotatable bonds is 5. The molecule has 1 aliphatic carbocycles. The number of anilines is 1. The zero-order valence-electron chi connectivity index (χ0n) is 18.0. The lowest BCUT2D eigenvalue weighted by Gasteiger charge is -2.46. The number of carbonyl (C=O) groups excluding carboxylic acids is 3. The fourth-order valence-corrected chi connectivity index (χ4v) is 4.92. The van der Waals surface area contributed by atoms with Crippen LogP contribution in [0.1, 0.15) is 53.6 Å². The van der Waals surface area contributed by atoms with Crippen LogP contribution in [-0.4, -0.2) is 30.6 Å². The van der Waals surface area contributed by atoms with Gasteiger partial charge in [0.25, 0.3) is 0 Å². The van der Waals surface area contributed by atoms with Gasteiger partial charge < -0.3 is 9.64 Å². The monoisotopic (exact) mass is 432 g/mol. The first kappa shape index (κ1) is 21.6. The summed E-state index contributed by atoms with van der Waals surface area (Å²) in [6, 6.07) is 12.1. The Morgan fingerprint density at radius 1 is 1.19 bits per heavy atom. The van der Waals surface area contributed by atoms with Gasteiger partial charge in [-0.1, -0.05) is 30.2 Å². The number of carbonyl (C=O) groups is 3. The summed E-state index contributed by atoms with van der Waals surface area (Å²) in [5.74, 6) is -0.337. The van der Waals surface area contributed by atoms with Crippen molar-refractivity contribution >= 4 is 23.2 Å². The van der Waals surface area contributed by atoms with E-state index in [0.717, 1.165) is 5.56 Å². The number of hydrogen-bond acceptors (Lipinski definition) is 5. The molecule has 2 aliphatic rings. The number of hydrogen-bond donors (Lipinski definition) is 0. The lowest BCUT2D eigenvalue weighted by Crippen LogP contribution is -2.56. The van der Waals surface area contributed by atoms with E-state index in [-0.39, 0.29) is 49.2 Å². The second kappa shape index (κ2) is 8.85. The van der Waals surface area contributed by atoms with Crippen LogP contribution in [0.25, 0.3) is 10.4 Å². The minimum atomic E-state index is -0.529. The summed E-state index contributed by atoms with van der Waals surface area (Å²) in [6.45, 7) is 1.89. The highest BCUT2D eigenvalue weighted by Crippen LogP contribution is 2.47. The third-order valence-corrected chi connectivity index (χ3v) is 6.38. The van der Waals surface area contributed by atoms with Crippen molar-refractivity contribution in [3.8, 4) is 5.75 Å². The Hall–Kier alpha value is -3.64. The number of nitrogens with zero attached hydrogens (tertiary/aromatic N) is 4. The highest BCUT2D eigenvalue weighted by molar-refractivity contribution is 6.12. The van der Waals surface area contributed by atoms with Crippen LogP contribution in [0.3, 0.4) is 0 Å². The molecule has 0 radical (unpaired) electrons. The predicted octanol–water partition coefficient (Wildman–Crippen LogP) is 4.58. The molecular formula is C24H24N4O4. The van der Waals surface area contributed by atoms with Crippen LogP contribution in [0, 0.1) is 5.92 Å². The number of azide groups is 1. The minimum Gasteiger partial charge on any atom is -0.497 e. The van der Waals surface area contributed by atoms with E-state index in [1.807, 2.05) is 24.3 Å². The molecule has 0 saturated heterocycles. The zero-order valence-corrected chi connectivity index (χ0v) is 18.0. The van der Waals surface area contributed by atoms with Crippen molar-refractivity contribution in [1.29, 1.82) is 0 Å². The number of ether oxygens (including phenoxy) is 1. The molecule has 1 saturated carbocycles. The van der Waals surface area contributed by atoms with E-state index in [4.69, 9.17) is 10.3 Å². The van der Waals surface area contributed by atoms with E-state index < -0.39 is 12.0 Å². The largest absolute Gasteiger partial charge is 0.497 e. The van der Waals surface area contributed by atoms with Gasteiger partial charge in [0.15, 0.2) is 5.78 Å². The maximum Gasteiger partial charge on any atom is 0.227 e. The van der Waals surface area contributed by atoms with Gasteiger partial charge in [-0.25, -0.2) is 0 Å². The predicted molar refractivity (Wildman–Crippen MR) is 119 cm³/mol. The van der Waals surface area contributed by atoms with Gasteiger partial charge in [-0.15, -0.1) is 0 Å². The van der Waals surface area contributed by atoms with Crippen molar-refractivity contribution in [2.45, 2.75) is 44.7 Å². The zero-order chi connectivity index (χ0) is 22.8. The maximum absolute atomic E-state index is 13.8. The van der Waals surface area contributed by atoms with Gasteiger partial charge in [0.05, 0.1) is 31.3 Å². The molecule has 1 heterocycles. The highest BCUT2D eigenvalue weighted by Gasteiger charge is 2.50. The molecule has 32 heavy (non-hydrogen) atoms. The van der Waals surface area contributed by atoms with E-state index in [0.29, 0.717) is 22.6 Å². The maximum atomic E-state index is 13.8. The van der Waals surface area contributed by atoms with Crippen molar-refractivity contribution in [1.82, 2.24) is 0 Å². The lowest BCUT2D eigenvalue weighted by molar-refractivity contribution is -0.123. The Bertz CT molecular complexity index is 1120. The quantitative estimate of drug-likeness (QED) is 0.391. The van der Waals surface area contributed by atoms with Gasteiger partial charge in [-0.2, -0.15) is 0 Å². The third kappa shape index (κ3) is 3.74. The van der Waals surface area contributed by atoms with Crippen molar-refractivity contribution in [3.63, 3.8) is 0 Å². The summed E-state index contributed by atoms with van der Waals surface area (Å²) in [4.78, 5) is 44.0. The van der Waals surface area contributed by atoms with E-state index in [9.17, 15) is 14.4 Å². The van der Waals surface area contributed by atoms with Gasteiger partial charge in [0, 0.05) is 35.7 Å². The summed E-state index contributed by atoms with van der Waals surface area (Å²) in [6.07, 6.45) is 0.675. The Kier molecular flexibility index (Phi) is 5.97. The topological polar surface area (TPSA) is 112 Å². The van der Waals surface area contributed by atoms with Gasteiger partial charge in [0.1, 0.15) is 11.5 Å².